The number of fused-ring (bicyclic) bond motifs is 5. The number of hydrogen-bond acceptors (Lipinski definition) is 3. The van der Waals surface area contributed by atoms with E-state index in [9.17, 15) is 0 Å². The van der Waals surface area contributed by atoms with Crippen LogP contribution in [0.3, 0.4) is 0 Å². The second-order valence-electron chi connectivity index (χ2n) is 6.63. The Morgan fingerprint density at radius 2 is 1.65 bits per heavy atom. The van der Waals surface area contributed by atoms with Gasteiger partial charge in [0.15, 0.2) is 11.5 Å². The molecule has 3 aromatic carbocycles. The quantitative estimate of drug-likeness (QED) is 0.617. The Kier molecular flexibility index (Phi) is 3.13. The van der Waals surface area contributed by atoms with Crippen molar-refractivity contribution >= 4 is 11.8 Å². The molecule has 0 saturated carbocycles. The molecule has 2 aliphatic rings. The van der Waals surface area contributed by atoms with E-state index in [4.69, 9.17) is 9.47 Å². The normalized spacial score (nSPS) is 19.4. The molecular formula is C23H19NO2. The van der Waals surface area contributed by atoms with Gasteiger partial charge in [0.2, 0.25) is 5.72 Å². The number of anilines is 1. The van der Waals surface area contributed by atoms with Gasteiger partial charge in [-0.25, -0.2) is 0 Å². The van der Waals surface area contributed by atoms with Gasteiger partial charge in [-0.05, 0) is 29.8 Å². The maximum atomic E-state index is 6.69. The molecule has 0 aliphatic carbocycles. The first-order chi connectivity index (χ1) is 12.7. The Labute approximate surface area is 153 Å². The molecule has 1 atom stereocenters. The molecule has 0 fully saturated rings. The SMILES string of the molecule is COc1cccc2c1O[C@]1(C=C2)c2ccccc2-c2ccccc2N1C. The third-order valence-electron chi connectivity index (χ3n) is 5.34. The van der Waals surface area contributed by atoms with Gasteiger partial charge in [-0.2, -0.15) is 0 Å². The van der Waals surface area contributed by atoms with Crippen molar-refractivity contribution in [3.63, 3.8) is 0 Å². The molecule has 0 amide bonds. The van der Waals surface area contributed by atoms with Gasteiger partial charge in [0, 0.05) is 29.4 Å². The van der Waals surface area contributed by atoms with E-state index < -0.39 is 5.72 Å². The summed E-state index contributed by atoms with van der Waals surface area (Å²) in [6.07, 6.45) is 4.27. The summed E-state index contributed by atoms with van der Waals surface area (Å²) in [4.78, 5) is 2.20. The first kappa shape index (κ1) is 15.1. The van der Waals surface area contributed by atoms with E-state index in [1.807, 2.05) is 18.2 Å². The number of methoxy groups -OCH3 is 1. The number of ether oxygens (including phenoxy) is 2. The first-order valence-corrected chi connectivity index (χ1v) is 8.72. The molecule has 3 nitrogen and oxygen atoms in total. The zero-order valence-corrected chi connectivity index (χ0v) is 14.8. The van der Waals surface area contributed by atoms with Crippen LogP contribution in [0.1, 0.15) is 11.1 Å². The van der Waals surface area contributed by atoms with Crippen molar-refractivity contribution in [3.8, 4) is 22.6 Å². The molecule has 0 aromatic heterocycles. The van der Waals surface area contributed by atoms with Crippen molar-refractivity contribution in [1.82, 2.24) is 0 Å². The Morgan fingerprint density at radius 3 is 2.50 bits per heavy atom. The molecule has 2 aliphatic heterocycles. The molecule has 2 heterocycles. The first-order valence-electron chi connectivity index (χ1n) is 8.72. The fraction of sp³-hybridized carbons (Fsp3) is 0.130. The number of likely N-dealkylation sites (N-methyl/N-ethyl adjacent to an activating group) is 1. The van der Waals surface area contributed by atoms with Crippen LogP contribution < -0.4 is 14.4 Å². The van der Waals surface area contributed by atoms with Gasteiger partial charge in [-0.15, -0.1) is 0 Å². The number of benzene rings is 3. The molecule has 0 bridgehead atoms. The highest BCUT2D eigenvalue weighted by Gasteiger charge is 2.45. The van der Waals surface area contributed by atoms with E-state index in [1.165, 1.54) is 11.1 Å². The van der Waals surface area contributed by atoms with Crippen LogP contribution in [0.4, 0.5) is 5.69 Å². The van der Waals surface area contributed by atoms with Crippen molar-refractivity contribution in [2.45, 2.75) is 5.72 Å². The van der Waals surface area contributed by atoms with Crippen molar-refractivity contribution in [2.75, 3.05) is 19.1 Å². The van der Waals surface area contributed by atoms with Crippen molar-refractivity contribution in [3.05, 3.63) is 83.9 Å². The molecule has 128 valence electrons. The minimum atomic E-state index is -0.702. The van der Waals surface area contributed by atoms with E-state index in [0.717, 1.165) is 28.3 Å². The molecule has 5 rings (SSSR count). The lowest BCUT2D eigenvalue weighted by molar-refractivity contribution is 0.111. The maximum Gasteiger partial charge on any atom is 0.229 e. The molecule has 1 spiro atoms. The monoisotopic (exact) mass is 341 g/mol. The fourth-order valence-corrected chi connectivity index (χ4v) is 4.04. The maximum absolute atomic E-state index is 6.69. The standard InChI is InChI=1S/C23H19NO2/c1-24-20-12-6-4-10-18(20)17-9-3-5-11-19(17)23(24)15-14-16-8-7-13-21(25-2)22(16)26-23/h3-15H,1-2H3/t23-/m1/s1. The summed E-state index contributed by atoms with van der Waals surface area (Å²) in [5.41, 5.74) is 5.03. The molecule has 3 heteroatoms. The van der Waals surface area contributed by atoms with E-state index in [2.05, 4.69) is 72.6 Å². The van der Waals surface area contributed by atoms with Crippen molar-refractivity contribution in [2.24, 2.45) is 0 Å². The summed E-state index contributed by atoms with van der Waals surface area (Å²) >= 11 is 0. The summed E-state index contributed by atoms with van der Waals surface area (Å²) in [5.74, 6) is 1.52. The lowest BCUT2D eigenvalue weighted by Gasteiger charge is -2.47. The molecule has 0 radical (unpaired) electrons. The highest BCUT2D eigenvalue weighted by Crippen LogP contribution is 2.51. The Morgan fingerprint density at radius 1 is 0.885 bits per heavy atom. The summed E-state index contributed by atoms with van der Waals surface area (Å²) in [6.45, 7) is 0. The summed E-state index contributed by atoms with van der Waals surface area (Å²) in [7, 11) is 3.76. The van der Waals surface area contributed by atoms with E-state index in [-0.39, 0.29) is 0 Å². The van der Waals surface area contributed by atoms with Gasteiger partial charge in [0.05, 0.1) is 7.11 Å². The average Bonchev–Trinajstić information content (AvgIpc) is 2.71. The van der Waals surface area contributed by atoms with Gasteiger partial charge >= 0.3 is 0 Å². The predicted octanol–water partition coefficient (Wildman–Crippen LogP) is 5.07. The van der Waals surface area contributed by atoms with Crippen LogP contribution in [-0.2, 0) is 5.72 Å². The Bertz CT molecular complexity index is 1040. The van der Waals surface area contributed by atoms with Crippen LogP contribution >= 0.6 is 0 Å². The lowest BCUT2D eigenvalue weighted by Crippen LogP contribution is -2.50. The lowest BCUT2D eigenvalue weighted by atomic mass is 9.84. The minimum absolute atomic E-state index is 0.702. The third kappa shape index (κ3) is 1.88. The topological polar surface area (TPSA) is 21.7 Å². The second kappa shape index (κ2) is 5.40. The molecule has 0 N–H and O–H groups in total. The largest absolute Gasteiger partial charge is 0.493 e. The summed E-state index contributed by atoms with van der Waals surface area (Å²) in [5, 5.41) is 0. The van der Waals surface area contributed by atoms with Gasteiger partial charge in [0.25, 0.3) is 0 Å². The predicted molar refractivity (Wildman–Crippen MR) is 105 cm³/mol. The average molecular weight is 341 g/mol. The molecule has 0 saturated heterocycles. The molecule has 26 heavy (non-hydrogen) atoms. The number of hydrogen-bond donors (Lipinski definition) is 0. The number of para-hydroxylation sites is 2. The Balaban J connectivity index is 1.78. The highest BCUT2D eigenvalue weighted by molar-refractivity contribution is 5.87. The molecule has 3 aromatic rings. The van der Waals surface area contributed by atoms with Crippen LogP contribution in [0.25, 0.3) is 17.2 Å². The van der Waals surface area contributed by atoms with E-state index in [1.54, 1.807) is 7.11 Å². The van der Waals surface area contributed by atoms with Crippen molar-refractivity contribution < 1.29 is 9.47 Å². The van der Waals surface area contributed by atoms with Gasteiger partial charge in [0.1, 0.15) is 0 Å². The molecular weight excluding hydrogens is 322 g/mol. The Hall–Kier alpha value is -3.20. The van der Waals surface area contributed by atoms with Crippen LogP contribution in [0.2, 0.25) is 0 Å². The summed E-state index contributed by atoms with van der Waals surface area (Å²) < 4.78 is 12.3. The van der Waals surface area contributed by atoms with Crippen molar-refractivity contribution in [1.29, 1.82) is 0 Å². The third-order valence-corrected chi connectivity index (χ3v) is 5.34. The van der Waals surface area contributed by atoms with Gasteiger partial charge in [-0.3, -0.25) is 0 Å². The zero-order valence-electron chi connectivity index (χ0n) is 14.8. The van der Waals surface area contributed by atoms with Gasteiger partial charge in [-0.1, -0.05) is 54.6 Å². The smallest absolute Gasteiger partial charge is 0.229 e. The van der Waals surface area contributed by atoms with E-state index >= 15 is 0 Å². The summed E-state index contributed by atoms with van der Waals surface area (Å²) in [6, 6.07) is 22.9. The minimum Gasteiger partial charge on any atom is -0.493 e. The van der Waals surface area contributed by atoms with E-state index in [0.29, 0.717) is 0 Å². The van der Waals surface area contributed by atoms with Crippen LogP contribution in [0, 0.1) is 0 Å². The fourth-order valence-electron chi connectivity index (χ4n) is 4.04. The number of rotatable bonds is 1. The van der Waals surface area contributed by atoms with Crippen LogP contribution in [0.15, 0.2) is 72.8 Å². The molecule has 0 unspecified atom stereocenters. The zero-order chi connectivity index (χ0) is 17.7. The number of nitrogens with zero attached hydrogens (tertiary/aromatic N) is 1. The van der Waals surface area contributed by atoms with Crippen LogP contribution in [-0.4, -0.2) is 14.2 Å². The highest BCUT2D eigenvalue weighted by atomic mass is 16.5. The van der Waals surface area contributed by atoms with Crippen LogP contribution in [0.5, 0.6) is 11.5 Å². The van der Waals surface area contributed by atoms with Gasteiger partial charge < -0.3 is 14.4 Å². The second-order valence-corrected chi connectivity index (χ2v) is 6.63.